The van der Waals surface area contributed by atoms with Crippen LogP contribution in [0.25, 0.3) is 11.0 Å². The molecule has 0 bridgehead atoms. The fourth-order valence-corrected chi connectivity index (χ4v) is 4.58. The number of aromatic nitrogens is 2. The maximum atomic E-state index is 14.3. The van der Waals surface area contributed by atoms with Gasteiger partial charge in [-0.1, -0.05) is 20.8 Å². The second-order valence-electron chi connectivity index (χ2n) is 12.4. The first-order chi connectivity index (χ1) is 15.6. The van der Waals surface area contributed by atoms with E-state index in [1.165, 1.54) is 6.20 Å². The zero-order valence-electron chi connectivity index (χ0n) is 22.3. The number of pyridine rings is 1. The van der Waals surface area contributed by atoms with E-state index in [1.807, 2.05) is 48.5 Å². The van der Waals surface area contributed by atoms with Gasteiger partial charge < -0.3 is 18.4 Å². The summed E-state index contributed by atoms with van der Waals surface area (Å²) in [5.74, 6) is 0. The highest BCUT2D eigenvalue weighted by molar-refractivity contribution is 7.90. The lowest BCUT2D eigenvalue weighted by Gasteiger charge is -2.32. The number of halogens is 3. The monoisotopic (exact) mass is 515 g/mol. The molecule has 1 N–H and O–H groups in total. The van der Waals surface area contributed by atoms with Crippen LogP contribution in [0.2, 0.25) is 0 Å². The van der Waals surface area contributed by atoms with Gasteiger partial charge in [0.2, 0.25) is 0 Å². The molecule has 35 heavy (non-hydrogen) atoms. The summed E-state index contributed by atoms with van der Waals surface area (Å²) in [5.41, 5.74) is -0.488. The molecule has 1 aliphatic heterocycles. The van der Waals surface area contributed by atoms with E-state index < -0.39 is 46.6 Å². The van der Waals surface area contributed by atoms with Crippen molar-refractivity contribution in [2.45, 2.75) is 104 Å². The SMILES string of the molecule is CC(C)(C)Cn1cc(C(N[S@@+]([O-])C(C)(C)C)C(F)(F)F)c2ccc(B3OC(C)(C)C(C)(C)O3)nc21. The number of nitrogens with zero attached hydrogens (tertiary/aromatic N) is 2. The highest BCUT2D eigenvalue weighted by Crippen LogP contribution is 2.40. The topological polar surface area (TPSA) is 71.4 Å². The first-order valence-electron chi connectivity index (χ1n) is 11.7. The number of nitrogens with one attached hydrogen (secondary N) is 1. The smallest absolute Gasteiger partial charge is 0.514 e. The van der Waals surface area contributed by atoms with E-state index in [4.69, 9.17) is 14.3 Å². The van der Waals surface area contributed by atoms with Crippen LogP contribution in [0.1, 0.15) is 80.8 Å². The molecule has 0 amide bonds. The highest BCUT2D eigenvalue weighted by atomic mass is 32.2. The van der Waals surface area contributed by atoms with Crippen LogP contribution in [0.15, 0.2) is 18.3 Å². The molecule has 1 unspecified atom stereocenters. The average Bonchev–Trinajstić information content (AvgIpc) is 3.09. The van der Waals surface area contributed by atoms with E-state index in [0.29, 0.717) is 23.2 Å². The minimum atomic E-state index is -4.66. The van der Waals surface area contributed by atoms with Crippen molar-refractivity contribution < 1.29 is 27.0 Å². The van der Waals surface area contributed by atoms with Gasteiger partial charge in [0.05, 0.1) is 16.8 Å². The zero-order chi connectivity index (χ0) is 26.8. The molecule has 1 saturated heterocycles. The maximum Gasteiger partial charge on any atom is 0.514 e. The molecule has 0 aromatic carbocycles. The normalized spacial score (nSPS) is 20.5. The summed E-state index contributed by atoms with van der Waals surface area (Å²) in [6.45, 7) is 19.1. The Hall–Kier alpha value is -1.27. The molecule has 0 aliphatic carbocycles. The largest absolute Gasteiger partial charge is 0.598 e. The third-order valence-electron chi connectivity index (χ3n) is 6.33. The van der Waals surface area contributed by atoms with Crippen molar-refractivity contribution in [3.05, 3.63) is 23.9 Å². The minimum Gasteiger partial charge on any atom is -0.598 e. The molecular formula is C24H37BF3N3O3S. The first-order valence-corrected chi connectivity index (χ1v) is 12.9. The van der Waals surface area contributed by atoms with Gasteiger partial charge in [-0.05, 0) is 66.0 Å². The lowest BCUT2D eigenvalue weighted by Crippen LogP contribution is -2.45. The van der Waals surface area contributed by atoms with Crippen LogP contribution < -0.4 is 10.3 Å². The van der Waals surface area contributed by atoms with Gasteiger partial charge in [-0.25, -0.2) is 4.98 Å². The van der Waals surface area contributed by atoms with Crippen molar-refractivity contribution >= 4 is 35.1 Å². The van der Waals surface area contributed by atoms with Crippen molar-refractivity contribution in [3.8, 4) is 0 Å². The molecule has 2 atom stereocenters. The van der Waals surface area contributed by atoms with Crippen molar-refractivity contribution in [1.29, 1.82) is 0 Å². The number of hydrogen-bond donors (Lipinski definition) is 1. The molecule has 2 aromatic heterocycles. The number of hydrogen-bond acceptors (Lipinski definition) is 5. The van der Waals surface area contributed by atoms with Crippen LogP contribution in [0.3, 0.4) is 0 Å². The van der Waals surface area contributed by atoms with E-state index in [9.17, 15) is 17.7 Å². The number of rotatable bonds is 5. The summed E-state index contributed by atoms with van der Waals surface area (Å²) in [6.07, 6.45) is -3.19. The van der Waals surface area contributed by atoms with E-state index in [-0.39, 0.29) is 11.0 Å². The van der Waals surface area contributed by atoms with Gasteiger partial charge >= 0.3 is 13.3 Å². The first kappa shape index (κ1) is 28.3. The molecule has 0 saturated carbocycles. The Morgan fingerprint density at radius 1 is 1.06 bits per heavy atom. The second-order valence-corrected chi connectivity index (χ2v) is 14.4. The van der Waals surface area contributed by atoms with Gasteiger partial charge in [-0.15, -0.1) is 4.72 Å². The predicted molar refractivity (Wildman–Crippen MR) is 135 cm³/mol. The van der Waals surface area contributed by atoms with Crippen LogP contribution in [0.4, 0.5) is 13.2 Å². The van der Waals surface area contributed by atoms with Crippen molar-refractivity contribution in [3.63, 3.8) is 0 Å². The zero-order valence-corrected chi connectivity index (χ0v) is 23.1. The van der Waals surface area contributed by atoms with Gasteiger partial charge in [0, 0.05) is 35.1 Å². The van der Waals surface area contributed by atoms with E-state index in [1.54, 1.807) is 37.5 Å². The Balaban J connectivity index is 2.14. The van der Waals surface area contributed by atoms with Crippen molar-refractivity contribution in [1.82, 2.24) is 14.3 Å². The fraction of sp³-hybridized carbons (Fsp3) is 0.708. The summed E-state index contributed by atoms with van der Waals surface area (Å²) in [5, 5.41) is 0.343. The Morgan fingerprint density at radius 2 is 1.60 bits per heavy atom. The van der Waals surface area contributed by atoms with Gasteiger partial charge in [0.1, 0.15) is 10.4 Å². The summed E-state index contributed by atoms with van der Waals surface area (Å²) in [7, 11) is -0.740. The number of fused-ring (bicyclic) bond motifs is 1. The van der Waals surface area contributed by atoms with Crippen LogP contribution in [-0.2, 0) is 27.2 Å². The van der Waals surface area contributed by atoms with Crippen molar-refractivity contribution in [2.24, 2.45) is 5.41 Å². The molecule has 1 aliphatic rings. The molecule has 0 spiro atoms. The Bertz CT molecular complexity index is 1060. The summed E-state index contributed by atoms with van der Waals surface area (Å²) in [4.78, 5) is 4.73. The molecule has 1 fully saturated rings. The Morgan fingerprint density at radius 3 is 2.06 bits per heavy atom. The molecular weight excluding hydrogens is 478 g/mol. The van der Waals surface area contributed by atoms with E-state index in [2.05, 4.69) is 4.72 Å². The van der Waals surface area contributed by atoms with E-state index in [0.717, 1.165) is 0 Å². The number of alkyl halides is 3. The lowest BCUT2D eigenvalue weighted by atomic mass is 9.84. The van der Waals surface area contributed by atoms with Gasteiger partial charge in [-0.2, -0.15) is 13.2 Å². The van der Waals surface area contributed by atoms with Crippen LogP contribution in [-0.4, -0.2) is 43.3 Å². The fourth-order valence-electron chi connectivity index (χ4n) is 3.75. The van der Waals surface area contributed by atoms with Crippen LogP contribution >= 0.6 is 0 Å². The van der Waals surface area contributed by atoms with Gasteiger partial charge in [0.15, 0.2) is 6.04 Å². The lowest BCUT2D eigenvalue weighted by molar-refractivity contribution is -0.152. The average molecular weight is 515 g/mol. The maximum absolute atomic E-state index is 14.3. The summed E-state index contributed by atoms with van der Waals surface area (Å²) in [6, 6.07) is 1.15. The molecule has 3 heterocycles. The summed E-state index contributed by atoms with van der Waals surface area (Å²) >= 11 is -1.93. The molecule has 0 radical (unpaired) electrons. The second kappa shape index (κ2) is 8.94. The van der Waals surface area contributed by atoms with Gasteiger partial charge in [-0.3, -0.25) is 0 Å². The van der Waals surface area contributed by atoms with E-state index >= 15 is 0 Å². The molecule has 3 rings (SSSR count). The quantitative estimate of drug-likeness (QED) is 0.447. The highest BCUT2D eigenvalue weighted by Gasteiger charge is 2.53. The molecule has 11 heteroatoms. The predicted octanol–water partition coefficient (Wildman–Crippen LogP) is 5.04. The molecule has 2 aromatic rings. The van der Waals surface area contributed by atoms with Crippen LogP contribution in [0.5, 0.6) is 0 Å². The molecule has 6 nitrogen and oxygen atoms in total. The van der Waals surface area contributed by atoms with Gasteiger partial charge in [0.25, 0.3) is 0 Å². The van der Waals surface area contributed by atoms with Crippen LogP contribution in [0, 0.1) is 5.41 Å². The third-order valence-corrected chi connectivity index (χ3v) is 7.90. The summed E-state index contributed by atoms with van der Waals surface area (Å²) < 4.78 is 70.9. The Labute approximate surface area is 209 Å². The standard InChI is InChI=1S/C24H37BF3N3O3S/c1-20(2,3)14-31-13-16(18(24(26,27)28)30-35(32)21(4,5)6)15-11-12-17(29-19(15)31)25-33-22(7,8)23(9,10)34-25/h11-13,18,30H,14H2,1-10H3/t18?,35-/m0/s1. The molecule has 196 valence electrons. The Kier molecular flexibility index (Phi) is 7.23. The third kappa shape index (κ3) is 6.01. The van der Waals surface area contributed by atoms with Crippen molar-refractivity contribution in [2.75, 3.05) is 0 Å². The minimum absolute atomic E-state index is 0.0117.